The Balaban J connectivity index is 1.51. The van der Waals surface area contributed by atoms with Gasteiger partial charge in [-0.05, 0) is 31.5 Å². The van der Waals surface area contributed by atoms with Gasteiger partial charge in [0.2, 0.25) is 0 Å². The van der Waals surface area contributed by atoms with Gasteiger partial charge in [-0.25, -0.2) is 0 Å². The molecule has 132 valence electrons. The van der Waals surface area contributed by atoms with Gasteiger partial charge >= 0.3 is 0 Å². The van der Waals surface area contributed by atoms with E-state index >= 15 is 0 Å². The number of carbonyl (C=O) groups is 1. The van der Waals surface area contributed by atoms with Crippen LogP contribution < -0.4 is 5.32 Å². The molecule has 0 aliphatic carbocycles. The normalized spacial score (nSPS) is 18.1. The van der Waals surface area contributed by atoms with Gasteiger partial charge in [-0.15, -0.1) is 0 Å². The van der Waals surface area contributed by atoms with Crippen LogP contribution in [0.5, 0.6) is 0 Å². The van der Waals surface area contributed by atoms with E-state index in [1.165, 1.54) is 5.56 Å². The molecule has 1 heterocycles. The zero-order valence-electron chi connectivity index (χ0n) is 15.0. The Bertz CT molecular complexity index is 695. The highest BCUT2D eigenvalue weighted by atomic mass is 16.5. The van der Waals surface area contributed by atoms with Crippen molar-refractivity contribution in [3.63, 3.8) is 0 Å². The molecule has 3 rings (SSSR count). The third-order valence-electron chi connectivity index (χ3n) is 4.45. The molecule has 0 radical (unpaired) electrons. The van der Waals surface area contributed by atoms with Crippen LogP contribution in [-0.2, 0) is 11.3 Å². The topological polar surface area (TPSA) is 41.6 Å². The molecule has 0 bridgehead atoms. The first-order valence-corrected chi connectivity index (χ1v) is 8.84. The van der Waals surface area contributed by atoms with Crippen LogP contribution in [0, 0.1) is 13.8 Å². The first kappa shape index (κ1) is 17.6. The van der Waals surface area contributed by atoms with Crippen LogP contribution in [0.1, 0.15) is 27.0 Å². The van der Waals surface area contributed by atoms with E-state index in [4.69, 9.17) is 4.74 Å². The summed E-state index contributed by atoms with van der Waals surface area (Å²) in [7, 11) is 0. The maximum absolute atomic E-state index is 12.4. The molecule has 1 saturated heterocycles. The summed E-state index contributed by atoms with van der Waals surface area (Å²) in [5, 5.41) is 3.02. The van der Waals surface area contributed by atoms with Crippen molar-refractivity contribution < 1.29 is 9.53 Å². The number of morpholine rings is 1. The second kappa shape index (κ2) is 8.28. The predicted octanol–water partition coefficient (Wildman–Crippen LogP) is 2.93. The van der Waals surface area contributed by atoms with E-state index in [0.29, 0.717) is 13.2 Å². The van der Waals surface area contributed by atoms with Gasteiger partial charge < -0.3 is 10.1 Å². The molecule has 1 amide bonds. The summed E-state index contributed by atoms with van der Waals surface area (Å²) in [6.07, 6.45) is 0.0346. The third kappa shape index (κ3) is 5.15. The molecule has 4 heteroatoms. The van der Waals surface area contributed by atoms with Crippen molar-refractivity contribution in [2.75, 3.05) is 26.2 Å². The SMILES string of the molecule is Cc1cc(C)cc(C(=O)NC[C@@H]2CN(Cc3ccccc3)CCO2)c1. The molecule has 1 aliphatic heterocycles. The molecule has 0 spiro atoms. The summed E-state index contributed by atoms with van der Waals surface area (Å²) in [6, 6.07) is 16.4. The Hall–Kier alpha value is -2.17. The number of hydrogen-bond acceptors (Lipinski definition) is 3. The minimum atomic E-state index is -0.0319. The number of nitrogens with one attached hydrogen (secondary N) is 1. The lowest BCUT2D eigenvalue weighted by Crippen LogP contribution is -2.47. The summed E-state index contributed by atoms with van der Waals surface area (Å²) in [5.41, 5.74) is 4.23. The number of nitrogens with zero attached hydrogens (tertiary/aromatic N) is 1. The molecule has 0 aromatic heterocycles. The second-order valence-corrected chi connectivity index (χ2v) is 6.80. The van der Waals surface area contributed by atoms with Crippen molar-refractivity contribution in [3.05, 3.63) is 70.8 Å². The van der Waals surface area contributed by atoms with Crippen LogP contribution >= 0.6 is 0 Å². The van der Waals surface area contributed by atoms with Crippen LogP contribution in [0.25, 0.3) is 0 Å². The lowest BCUT2D eigenvalue weighted by molar-refractivity contribution is -0.0292. The molecule has 1 aliphatic rings. The van der Waals surface area contributed by atoms with E-state index < -0.39 is 0 Å². The Morgan fingerprint density at radius 1 is 1.16 bits per heavy atom. The van der Waals surface area contributed by atoms with E-state index in [-0.39, 0.29) is 12.0 Å². The number of aryl methyl sites for hydroxylation is 2. The van der Waals surface area contributed by atoms with Gasteiger partial charge in [0.15, 0.2) is 0 Å². The number of carbonyl (C=O) groups excluding carboxylic acids is 1. The molecule has 2 aromatic carbocycles. The summed E-state index contributed by atoms with van der Waals surface area (Å²) in [5.74, 6) is -0.0319. The fourth-order valence-electron chi connectivity index (χ4n) is 3.30. The third-order valence-corrected chi connectivity index (χ3v) is 4.45. The number of rotatable bonds is 5. The van der Waals surface area contributed by atoms with Gasteiger partial charge in [-0.3, -0.25) is 9.69 Å². The van der Waals surface area contributed by atoms with Crippen LogP contribution in [0.4, 0.5) is 0 Å². The van der Waals surface area contributed by atoms with Gasteiger partial charge in [0, 0.05) is 31.7 Å². The van der Waals surface area contributed by atoms with Gasteiger partial charge in [-0.1, -0.05) is 47.5 Å². The van der Waals surface area contributed by atoms with E-state index in [1.807, 2.05) is 32.0 Å². The molecule has 1 fully saturated rings. The molecule has 0 saturated carbocycles. The largest absolute Gasteiger partial charge is 0.374 e. The molecule has 25 heavy (non-hydrogen) atoms. The highest BCUT2D eigenvalue weighted by Gasteiger charge is 2.21. The smallest absolute Gasteiger partial charge is 0.251 e. The van der Waals surface area contributed by atoms with Gasteiger partial charge in [-0.2, -0.15) is 0 Å². The van der Waals surface area contributed by atoms with Crippen molar-refractivity contribution in [1.29, 1.82) is 0 Å². The maximum Gasteiger partial charge on any atom is 0.251 e. The molecule has 0 unspecified atom stereocenters. The summed E-state index contributed by atoms with van der Waals surface area (Å²) >= 11 is 0. The van der Waals surface area contributed by atoms with Crippen LogP contribution in [0.3, 0.4) is 0 Å². The average molecular weight is 338 g/mol. The number of amides is 1. The highest BCUT2D eigenvalue weighted by molar-refractivity contribution is 5.94. The lowest BCUT2D eigenvalue weighted by atomic mass is 10.1. The Kier molecular flexibility index (Phi) is 5.84. The van der Waals surface area contributed by atoms with E-state index in [0.717, 1.165) is 36.3 Å². The van der Waals surface area contributed by atoms with Crippen molar-refractivity contribution in [3.8, 4) is 0 Å². The maximum atomic E-state index is 12.4. The number of benzene rings is 2. The first-order chi connectivity index (χ1) is 12.1. The quantitative estimate of drug-likeness (QED) is 0.911. The van der Waals surface area contributed by atoms with Crippen LogP contribution in [0.2, 0.25) is 0 Å². The van der Waals surface area contributed by atoms with Crippen molar-refractivity contribution in [2.24, 2.45) is 0 Å². The van der Waals surface area contributed by atoms with Crippen LogP contribution in [0.15, 0.2) is 48.5 Å². The van der Waals surface area contributed by atoms with Crippen LogP contribution in [-0.4, -0.2) is 43.2 Å². The van der Waals surface area contributed by atoms with Gasteiger partial charge in [0.05, 0.1) is 12.7 Å². The molecule has 1 atom stereocenters. The minimum Gasteiger partial charge on any atom is -0.374 e. The van der Waals surface area contributed by atoms with Crippen molar-refractivity contribution in [1.82, 2.24) is 10.2 Å². The summed E-state index contributed by atoms with van der Waals surface area (Å²) in [4.78, 5) is 14.8. The number of hydrogen-bond donors (Lipinski definition) is 1. The van der Waals surface area contributed by atoms with E-state index in [2.05, 4.69) is 40.5 Å². The van der Waals surface area contributed by atoms with Gasteiger partial charge in [0.25, 0.3) is 5.91 Å². The minimum absolute atomic E-state index is 0.0319. The standard InChI is InChI=1S/C21H26N2O2/c1-16-10-17(2)12-19(11-16)21(24)22-13-20-15-23(8-9-25-20)14-18-6-4-3-5-7-18/h3-7,10-12,20H,8-9,13-15H2,1-2H3,(H,22,24)/t20-/m1/s1. The zero-order chi connectivity index (χ0) is 17.6. The van der Waals surface area contributed by atoms with E-state index in [1.54, 1.807) is 0 Å². The fraction of sp³-hybridized carbons (Fsp3) is 0.381. The monoisotopic (exact) mass is 338 g/mol. The molecule has 2 aromatic rings. The highest BCUT2D eigenvalue weighted by Crippen LogP contribution is 2.11. The average Bonchev–Trinajstić information content (AvgIpc) is 2.60. The van der Waals surface area contributed by atoms with Crippen molar-refractivity contribution >= 4 is 5.91 Å². The predicted molar refractivity (Wildman–Crippen MR) is 99.7 cm³/mol. The molecular weight excluding hydrogens is 312 g/mol. The lowest BCUT2D eigenvalue weighted by Gasteiger charge is -2.33. The van der Waals surface area contributed by atoms with E-state index in [9.17, 15) is 4.79 Å². The van der Waals surface area contributed by atoms with Crippen molar-refractivity contribution in [2.45, 2.75) is 26.5 Å². The molecule has 1 N–H and O–H groups in total. The Morgan fingerprint density at radius 2 is 1.88 bits per heavy atom. The zero-order valence-corrected chi connectivity index (χ0v) is 15.0. The van der Waals surface area contributed by atoms with Gasteiger partial charge in [0.1, 0.15) is 0 Å². The second-order valence-electron chi connectivity index (χ2n) is 6.80. The number of ether oxygens (including phenoxy) is 1. The fourth-order valence-corrected chi connectivity index (χ4v) is 3.30. The summed E-state index contributed by atoms with van der Waals surface area (Å²) in [6.45, 7) is 7.95. The Labute approximate surface area is 149 Å². The Morgan fingerprint density at radius 3 is 2.60 bits per heavy atom. The molecule has 4 nitrogen and oxygen atoms in total. The molecular formula is C21H26N2O2. The first-order valence-electron chi connectivity index (χ1n) is 8.84. The summed E-state index contributed by atoms with van der Waals surface area (Å²) < 4.78 is 5.82.